The number of carbonyl (C=O) groups excluding carboxylic acids is 1. The summed E-state index contributed by atoms with van der Waals surface area (Å²) in [7, 11) is -15.4. The second-order valence-corrected chi connectivity index (χ2v) is 11.2. The standard InChI is InChI=1S/C17H13ClN2O10S3/c18-11-2-1-8(5-12(11)19)17(21)20-13-3-4-14(32(25,26)27)10-6-9(31(22,23)24)7-15(16(10)13)33(28,29)30/h1-7H,19H2,(H,20,21)(H,22,23,24)(H,25,26,27)(H,28,29,30). The number of anilines is 2. The molecule has 3 aromatic rings. The molecule has 3 aromatic carbocycles. The molecular formula is C17H13ClN2O10S3. The largest absolute Gasteiger partial charge is 0.398 e. The maximum atomic E-state index is 12.7. The second kappa shape index (κ2) is 8.21. The van der Waals surface area contributed by atoms with Crippen LogP contribution in [0.1, 0.15) is 10.4 Å². The lowest BCUT2D eigenvalue weighted by molar-refractivity contribution is 0.102. The molecule has 0 spiro atoms. The topological polar surface area (TPSA) is 218 Å². The molecule has 0 bridgehead atoms. The number of nitrogens with two attached hydrogens (primary N) is 1. The van der Waals surface area contributed by atoms with Crippen LogP contribution < -0.4 is 11.1 Å². The normalized spacial score (nSPS) is 12.6. The molecule has 33 heavy (non-hydrogen) atoms. The predicted molar refractivity (Wildman–Crippen MR) is 117 cm³/mol. The minimum Gasteiger partial charge on any atom is -0.398 e. The molecular weight excluding hydrogens is 524 g/mol. The molecule has 0 aliphatic carbocycles. The monoisotopic (exact) mass is 536 g/mol. The molecule has 0 aliphatic rings. The fraction of sp³-hybridized carbons (Fsp3) is 0. The molecule has 3 rings (SSSR count). The molecule has 0 aromatic heterocycles. The van der Waals surface area contributed by atoms with Crippen molar-refractivity contribution in [2.24, 2.45) is 0 Å². The molecule has 0 heterocycles. The van der Waals surface area contributed by atoms with Gasteiger partial charge in [0.25, 0.3) is 36.3 Å². The third kappa shape index (κ3) is 5.09. The number of nitrogens with one attached hydrogen (secondary N) is 1. The average molecular weight is 537 g/mol. The molecule has 6 N–H and O–H groups in total. The maximum Gasteiger partial charge on any atom is 0.295 e. The van der Waals surface area contributed by atoms with Crippen molar-refractivity contribution in [2.45, 2.75) is 14.7 Å². The second-order valence-electron chi connectivity index (χ2n) is 6.57. The van der Waals surface area contributed by atoms with E-state index in [1.807, 2.05) is 0 Å². The molecule has 1 amide bonds. The van der Waals surface area contributed by atoms with Gasteiger partial charge in [-0.25, -0.2) is 0 Å². The van der Waals surface area contributed by atoms with Crippen molar-refractivity contribution in [3.8, 4) is 0 Å². The summed E-state index contributed by atoms with van der Waals surface area (Å²) in [5, 5.41) is 1.06. The molecule has 0 unspecified atom stereocenters. The number of hydrogen-bond acceptors (Lipinski definition) is 8. The molecule has 12 nitrogen and oxygen atoms in total. The Balaban J connectivity index is 2.39. The highest BCUT2D eigenvalue weighted by Crippen LogP contribution is 2.37. The smallest absolute Gasteiger partial charge is 0.295 e. The average Bonchev–Trinajstić information content (AvgIpc) is 2.66. The summed E-state index contributed by atoms with van der Waals surface area (Å²) in [6.45, 7) is 0. The van der Waals surface area contributed by atoms with Crippen molar-refractivity contribution in [3.63, 3.8) is 0 Å². The van der Waals surface area contributed by atoms with Crippen LogP contribution in [0, 0.1) is 0 Å². The Kier molecular flexibility index (Phi) is 6.18. The number of amides is 1. The van der Waals surface area contributed by atoms with Gasteiger partial charge in [0.05, 0.1) is 21.3 Å². The SMILES string of the molecule is Nc1cc(C(=O)Nc2ccc(S(=O)(=O)O)c3cc(S(=O)(=O)O)cc(S(=O)(=O)O)c23)ccc1Cl. The van der Waals surface area contributed by atoms with Crippen molar-refractivity contribution >= 4 is 70.0 Å². The lowest BCUT2D eigenvalue weighted by Gasteiger charge is -2.15. The molecule has 0 atom stereocenters. The van der Waals surface area contributed by atoms with Crippen LogP contribution in [0.5, 0.6) is 0 Å². The van der Waals surface area contributed by atoms with Crippen LogP contribution in [0.4, 0.5) is 11.4 Å². The van der Waals surface area contributed by atoms with E-state index >= 15 is 0 Å². The van der Waals surface area contributed by atoms with E-state index in [1.54, 1.807) is 0 Å². The van der Waals surface area contributed by atoms with Crippen molar-refractivity contribution in [1.82, 2.24) is 0 Å². The van der Waals surface area contributed by atoms with Crippen molar-refractivity contribution in [1.29, 1.82) is 0 Å². The van der Waals surface area contributed by atoms with Gasteiger partial charge in [-0.3, -0.25) is 18.5 Å². The summed E-state index contributed by atoms with van der Waals surface area (Å²) in [6, 6.07) is 6.37. The van der Waals surface area contributed by atoms with Crippen LogP contribution in [-0.2, 0) is 30.4 Å². The Bertz CT molecular complexity index is 1650. The molecule has 0 saturated heterocycles. The number of benzene rings is 3. The summed E-state index contributed by atoms with van der Waals surface area (Å²) >= 11 is 5.81. The first kappa shape index (κ1) is 24.8. The number of hydrogen-bond donors (Lipinski definition) is 5. The molecule has 0 fully saturated rings. The van der Waals surface area contributed by atoms with Crippen LogP contribution in [0.2, 0.25) is 5.02 Å². The fourth-order valence-corrected chi connectivity index (χ4v) is 5.11. The fourth-order valence-electron chi connectivity index (χ4n) is 2.96. The molecule has 16 heteroatoms. The number of carbonyl (C=O) groups is 1. The van der Waals surface area contributed by atoms with E-state index < -0.39 is 61.7 Å². The highest BCUT2D eigenvalue weighted by atomic mass is 35.5. The molecule has 0 saturated carbocycles. The van der Waals surface area contributed by atoms with Crippen LogP contribution in [0.25, 0.3) is 10.8 Å². The first-order valence-corrected chi connectivity index (χ1v) is 13.1. The minimum atomic E-state index is -5.25. The van der Waals surface area contributed by atoms with Crippen LogP contribution in [0.15, 0.2) is 57.2 Å². The van der Waals surface area contributed by atoms with Gasteiger partial charge < -0.3 is 11.1 Å². The molecule has 176 valence electrons. The van der Waals surface area contributed by atoms with E-state index in [2.05, 4.69) is 5.32 Å². The van der Waals surface area contributed by atoms with Crippen molar-refractivity contribution < 1.29 is 43.7 Å². The van der Waals surface area contributed by atoms with Crippen molar-refractivity contribution in [2.75, 3.05) is 11.1 Å². The summed E-state index contributed by atoms with van der Waals surface area (Å²) < 4.78 is 99.3. The Morgan fingerprint density at radius 1 is 0.818 bits per heavy atom. The number of fused-ring (bicyclic) bond motifs is 1. The zero-order valence-electron chi connectivity index (χ0n) is 15.9. The zero-order chi connectivity index (χ0) is 24.9. The Hall–Kier alpha value is -2.79. The van der Waals surface area contributed by atoms with Gasteiger partial charge in [0, 0.05) is 16.3 Å². The van der Waals surface area contributed by atoms with Gasteiger partial charge in [-0.2, -0.15) is 25.3 Å². The Morgan fingerprint density at radius 2 is 1.42 bits per heavy atom. The van der Waals surface area contributed by atoms with Crippen molar-refractivity contribution in [3.05, 3.63) is 53.1 Å². The van der Waals surface area contributed by atoms with E-state index in [0.29, 0.717) is 12.1 Å². The predicted octanol–water partition coefficient (Wildman–Crippen LogP) is 2.07. The zero-order valence-corrected chi connectivity index (χ0v) is 19.1. The Labute approximate surface area is 192 Å². The van der Waals surface area contributed by atoms with Crippen LogP contribution >= 0.6 is 11.6 Å². The van der Waals surface area contributed by atoms with Gasteiger partial charge in [-0.15, -0.1) is 0 Å². The highest BCUT2D eigenvalue weighted by Gasteiger charge is 2.27. The summed E-state index contributed by atoms with van der Waals surface area (Å²) in [5.41, 5.74) is 5.28. The first-order valence-electron chi connectivity index (χ1n) is 8.40. The number of nitrogen functional groups attached to an aromatic ring is 1. The van der Waals surface area contributed by atoms with Crippen LogP contribution in [0.3, 0.4) is 0 Å². The Morgan fingerprint density at radius 3 is 1.94 bits per heavy atom. The van der Waals surface area contributed by atoms with Gasteiger partial charge in [0.2, 0.25) is 0 Å². The lowest BCUT2D eigenvalue weighted by Crippen LogP contribution is -2.14. The molecule has 0 radical (unpaired) electrons. The summed E-state index contributed by atoms with van der Waals surface area (Å²) in [6.07, 6.45) is 0. The highest BCUT2D eigenvalue weighted by molar-refractivity contribution is 7.87. The van der Waals surface area contributed by atoms with Gasteiger partial charge in [-0.1, -0.05) is 11.6 Å². The van der Waals surface area contributed by atoms with E-state index in [9.17, 15) is 43.7 Å². The van der Waals surface area contributed by atoms with Gasteiger partial charge >= 0.3 is 0 Å². The lowest BCUT2D eigenvalue weighted by atomic mass is 10.1. The van der Waals surface area contributed by atoms with Gasteiger partial charge in [-0.05, 0) is 42.5 Å². The van der Waals surface area contributed by atoms with Crippen LogP contribution in [-0.4, -0.2) is 44.8 Å². The van der Waals surface area contributed by atoms with Gasteiger partial charge in [0.1, 0.15) is 9.79 Å². The summed E-state index contributed by atoms with van der Waals surface area (Å²) in [4.78, 5) is 9.45. The molecule has 0 aliphatic heterocycles. The van der Waals surface area contributed by atoms with Gasteiger partial charge in [0.15, 0.2) is 0 Å². The van der Waals surface area contributed by atoms with E-state index in [0.717, 1.165) is 12.1 Å². The van der Waals surface area contributed by atoms with E-state index in [1.165, 1.54) is 18.2 Å². The third-order valence-electron chi connectivity index (χ3n) is 4.37. The quantitative estimate of drug-likeness (QED) is 0.234. The first-order chi connectivity index (χ1) is 15.0. The van der Waals surface area contributed by atoms with E-state index in [-0.39, 0.29) is 22.0 Å². The maximum absolute atomic E-state index is 12.7. The third-order valence-corrected chi connectivity index (χ3v) is 7.34. The minimum absolute atomic E-state index is 0.0353. The van der Waals surface area contributed by atoms with E-state index in [4.69, 9.17) is 17.3 Å². The summed E-state index contributed by atoms with van der Waals surface area (Å²) in [5.74, 6) is -0.862. The number of rotatable bonds is 5. The number of halogens is 1.